The minimum Gasteiger partial charge on any atom is -0.399 e. The Balaban J connectivity index is 1.90. The lowest BCUT2D eigenvalue weighted by Crippen LogP contribution is -2.15. The van der Waals surface area contributed by atoms with Crippen LogP contribution >= 0.6 is 15.9 Å². The number of hydrogen-bond acceptors (Lipinski definition) is 3. The van der Waals surface area contributed by atoms with Crippen molar-refractivity contribution in [2.45, 2.75) is 11.3 Å². The largest absolute Gasteiger partial charge is 0.399 e. The maximum Gasteiger partial charge on any atom is 0.225 e. The Bertz CT molecular complexity index is 676. The van der Waals surface area contributed by atoms with E-state index in [1.807, 2.05) is 18.2 Å². The molecule has 1 unspecified atom stereocenters. The Kier molecular flexibility index (Phi) is 5.52. The van der Waals surface area contributed by atoms with Crippen LogP contribution in [0.15, 0.2) is 57.9 Å². The van der Waals surface area contributed by atoms with Crippen LogP contribution in [0, 0.1) is 0 Å². The molecule has 21 heavy (non-hydrogen) atoms. The Morgan fingerprint density at radius 3 is 2.67 bits per heavy atom. The number of rotatable bonds is 5. The average molecular weight is 367 g/mol. The molecular formula is C15H15BrN2O2S. The van der Waals surface area contributed by atoms with Crippen LogP contribution in [0.4, 0.5) is 11.4 Å². The summed E-state index contributed by atoms with van der Waals surface area (Å²) in [6.07, 6.45) is 0.183. The van der Waals surface area contributed by atoms with Gasteiger partial charge >= 0.3 is 0 Å². The third kappa shape index (κ3) is 4.68. The monoisotopic (exact) mass is 366 g/mol. The fraction of sp³-hybridized carbons (Fsp3) is 0.133. The lowest BCUT2D eigenvalue weighted by molar-refractivity contribution is -0.115. The molecule has 0 aliphatic carbocycles. The van der Waals surface area contributed by atoms with Gasteiger partial charge in [0.15, 0.2) is 0 Å². The molecule has 4 nitrogen and oxygen atoms in total. The fourth-order valence-electron chi connectivity index (χ4n) is 1.76. The van der Waals surface area contributed by atoms with Crippen molar-refractivity contribution in [3.63, 3.8) is 0 Å². The van der Waals surface area contributed by atoms with Crippen molar-refractivity contribution in [3.05, 3.63) is 53.0 Å². The van der Waals surface area contributed by atoms with Crippen LogP contribution in [0.1, 0.15) is 6.42 Å². The molecular weight excluding hydrogens is 352 g/mol. The first-order valence-electron chi connectivity index (χ1n) is 6.34. The van der Waals surface area contributed by atoms with Crippen LogP contribution in [0.3, 0.4) is 0 Å². The molecule has 3 N–H and O–H groups in total. The molecule has 0 radical (unpaired) electrons. The topological polar surface area (TPSA) is 72.2 Å². The highest BCUT2D eigenvalue weighted by Gasteiger charge is 2.10. The third-order valence-electron chi connectivity index (χ3n) is 2.77. The summed E-state index contributed by atoms with van der Waals surface area (Å²) >= 11 is 3.36. The van der Waals surface area contributed by atoms with Crippen molar-refractivity contribution in [2.24, 2.45) is 0 Å². The molecule has 1 amide bonds. The molecule has 0 aliphatic rings. The summed E-state index contributed by atoms with van der Waals surface area (Å²) in [5.41, 5.74) is 6.88. The van der Waals surface area contributed by atoms with E-state index in [0.29, 0.717) is 16.3 Å². The molecule has 0 saturated heterocycles. The van der Waals surface area contributed by atoms with Gasteiger partial charge in [-0.05, 0) is 46.3 Å². The van der Waals surface area contributed by atoms with Gasteiger partial charge in [0.1, 0.15) is 0 Å². The van der Waals surface area contributed by atoms with E-state index in [1.54, 1.807) is 30.3 Å². The number of amides is 1. The van der Waals surface area contributed by atoms with Crippen molar-refractivity contribution < 1.29 is 9.00 Å². The Labute approximate surface area is 134 Å². The molecule has 0 bridgehead atoms. The SMILES string of the molecule is Nc1cccc(NC(=O)CCS(=O)c2ccccc2Br)c1. The van der Waals surface area contributed by atoms with Crippen molar-refractivity contribution in [2.75, 3.05) is 16.8 Å². The lowest BCUT2D eigenvalue weighted by atomic mass is 10.3. The van der Waals surface area contributed by atoms with Gasteiger partial charge in [-0.2, -0.15) is 0 Å². The van der Waals surface area contributed by atoms with Crippen LogP contribution < -0.4 is 11.1 Å². The second kappa shape index (κ2) is 7.38. The molecule has 0 aromatic heterocycles. The van der Waals surface area contributed by atoms with Gasteiger partial charge in [-0.25, -0.2) is 0 Å². The standard InChI is InChI=1S/C15H15BrN2O2S/c16-13-6-1-2-7-14(13)21(20)9-8-15(19)18-12-5-3-4-11(17)10-12/h1-7,10H,8-9,17H2,(H,18,19). The van der Waals surface area contributed by atoms with Crippen LogP contribution in [-0.4, -0.2) is 15.9 Å². The molecule has 0 saturated carbocycles. The van der Waals surface area contributed by atoms with E-state index in [4.69, 9.17) is 5.73 Å². The summed E-state index contributed by atoms with van der Waals surface area (Å²) < 4.78 is 12.9. The molecule has 2 aromatic rings. The number of hydrogen-bond donors (Lipinski definition) is 2. The fourth-order valence-corrected chi connectivity index (χ4v) is 3.70. The van der Waals surface area contributed by atoms with Gasteiger partial charge in [-0.1, -0.05) is 18.2 Å². The molecule has 0 spiro atoms. The number of carbonyl (C=O) groups is 1. The van der Waals surface area contributed by atoms with E-state index < -0.39 is 10.8 Å². The Morgan fingerprint density at radius 2 is 1.95 bits per heavy atom. The summed E-state index contributed by atoms with van der Waals surface area (Å²) in [5.74, 6) is 0.0949. The van der Waals surface area contributed by atoms with Gasteiger partial charge in [-0.3, -0.25) is 9.00 Å². The highest BCUT2D eigenvalue weighted by Crippen LogP contribution is 2.20. The van der Waals surface area contributed by atoms with E-state index >= 15 is 0 Å². The van der Waals surface area contributed by atoms with E-state index in [1.165, 1.54) is 0 Å². The van der Waals surface area contributed by atoms with Gasteiger partial charge in [0.2, 0.25) is 5.91 Å². The van der Waals surface area contributed by atoms with Gasteiger partial charge < -0.3 is 11.1 Å². The van der Waals surface area contributed by atoms with Gasteiger partial charge in [0.25, 0.3) is 0 Å². The first-order chi connectivity index (χ1) is 10.1. The number of benzene rings is 2. The first kappa shape index (κ1) is 15.7. The summed E-state index contributed by atoms with van der Waals surface area (Å²) in [6, 6.07) is 14.3. The molecule has 6 heteroatoms. The molecule has 0 aliphatic heterocycles. The zero-order chi connectivity index (χ0) is 15.2. The second-order valence-corrected chi connectivity index (χ2v) is 6.80. The number of nitrogens with two attached hydrogens (primary N) is 1. The highest BCUT2D eigenvalue weighted by molar-refractivity contribution is 9.10. The molecule has 1 atom stereocenters. The van der Waals surface area contributed by atoms with E-state index in [2.05, 4.69) is 21.2 Å². The van der Waals surface area contributed by atoms with Crippen molar-refractivity contribution in [1.82, 2.24) is 0 Å². The smallest absolute Gasteiger partial charge is 0.225 e. The van der Waals surface area contributed by atoms with Crippen LogP contribution in [0.25, 0.3) is 0 Å². The number of nitrogen functional groups attached to an aromatic ring is 1. The van der Waals surface area contributed by atoms with E-state index in [0.717, 1.165) is 4.47 Å². The quantitative estimate of drug-likeness (QED) is 0.798. The number of nitrogens with one attached hydrogen (secondary N) is 1. The van der Waals surface area contributed by atoms with Crippen LogP contribution in [0.5, 0.6) is 0 Å². The maximum atomic E-state index is 12.2. The summed E-state index contributed by atoms with van der Waals surface area (Å²) in [4.78, 5) is 12.5. The summed E-state index contributed by atoms with van der Waals surface area (Å²) in [7, 11) is -1.21. The highest BCUT2D eigenvalue weighted by atomic mass is 79.9. The zero-order valence-corrected chi connectivity index (χ0v) is 13.6. The average Bonchev–Trinajstić information content (AvgIpc) is 2.45. The minimum absolute atomic E-state index is 0.180. The minimum atomic E-state index is -1.21. The van der Waals surface area contributed by atoms with E-state index in [-0.39, 0.29) is 18.1 Å². The zero-order valence-electron chi connectivity index (χ0n) is 11.2. The van der Waals surface area contributed by atoms with Crippen molar-refractivity contribution in [1.29, 1.82) is 0 Å². The van der Waals surface area contributed by atoms with Crippen LogP contribution in [-0.2, 0) is 15.6 Å². The maximum absolute atomic E-state index is 12.2. The number of carbonyl (C=O) groups excluding carboxylic acids is 1. The molecule has 0 heterocycles. The Morgan fingerprint density at radius 1 is 1.19 bits per heavy atom. The van der Waals surface area contributed by atoms with Crippen LogP contribution in [0.2, 0.25) is 0 Å². The molecule has 2 rings (SSSR count). The van der Waals surface area contributed by atoms with Crippen molar-refractivity contribution in [3.8, 4) is 0 Å². The number of anilines is 2. The second-order valence-electron chi connectivity index (χ2n) is 4.40. The van der Waals surface area contributed by atoms with Gasteiger partial charge in [0, 0.05) is 28.0 Å². The van der Waals surface area contributed by atoms with E-state index in [9.17, 15) is 9.00 Å². The molecule has 0 fully saturated rings. The van der Waals surface area contributed by atoms with Gasteiger partial charge in [0.05, 0.1) is 15.7 Å². The van der Waals surface area contributed by atoms with Crippen molar-refractivity contribution >= 4 is 44.0 Å². The Hall–Kier alpha value is -1.66. The summed E-state index contributed by atoms with van der Waals surface area (Å²) in [5, 5.41) is 2.74. The predicted molar refractivity (Wildman–Crippen MR) is 89.5 cm³/mol. The van der Waals surface area contributed by atoms with Gasteiger partial charge in [-0.15, -0.1) is 0 Å². The lowest BCUT2D eigenvalue weighted by Gasteiger charge is -2.07. The molecule has 2 aromatic carbocycles. The third-order valence-corrected chi connectivity index (χ3v) is 5.14. The molecule has 110 valence electrons. The number of halogens is 1. The summed E-state index contributed by atoms with van der Waals surface area (Å²) in [6.45, 7) is 0. The first-order valence-corrected chi connectivity index (χ1v) is 8.46. The normalized spacial score (nSPS) is 11.9. The predicted octanol–water partition coefficient (Wildman–Crippen LogP) is 3.17.